The molecule has 1 atom stereocenters. The Balaban J connectivity index is 1.94. The number of rotatable bonds is 6. The van der Waals surface area contributed by atoms with E-state index in [1.807, 2.05) is 40.6 Å². The standard InChI is InChI=1S/C13H19N5O/c1-3-6-18-10-14-16-13(18)11(2)15-12(19)9-17-7-4-5-8-17/h4-5,7-8,10-11H,3,6,9H2,1-2H3,(H,15,19)/t11-/m0/s1. The van der Waals surface area contributed by atoms with Gasteiger partial charge in [0.05, 0.1) is 6.04 Å². The largest absolute Gasteiger partial charge is 0.345 e. The van der Waals surface area contributed by atoms with Gasteiger partial charge in [0, 0.05) is 18.9 Å². The highest BCUT2D eigenvalue weighted by Crippen LogP contribution is 2.09. The number of carbonyl (C=O) groups is 1. The fraction of sp³-hybridized carbons (Fsp3) is 0.462. The van der Waals surface area contributed by atoms with E-state index >= 15 is 0 Å². The summed E-state index contributed by atoms with van der Waals surface area (Å²) in [7, 11) is 0. The quantitative estimate of drug-likeness (QED) is 0.854. The third-order valence-electron chi connectivity index (χ3n) is 2.87. The van der Waals surface area contributed by atoms with Crippen LogP contribution in [0.1, 0.15) is 32.1 Å². The minimum atomic E-state index is -0.142. The van der Waals surface area contributed by atoms with E-state index in [0.717, 1.165) is 18.8 Å². The predicted octanol–water partition coefficient (Wildman–Crippen LogP) is 1.37. The lowest BCUT2D eigenvalue weighted by molar-refractivity contribution is -0.122. The van der Waals surface area contributed by atoms with Crippen LogP contribution in [0.5, 0.6) is 0 Å². The molecule has 1 amide bonds. The first-order chi connectivity index (χ1) is 9.20. The second-order valence-electron chi connectivity index (χ2n) is 4.53. The summed E-state index contributed by atoms with van der Waals surface area (Å²) >= 11 is 0. The second-order valence-corrected chi connectivity index (χ2v) is 4.53. The van der Waals surface area contributed by atoms with Crippen LogP contribution in [-0.4, -0.2) is 25.2 Å². The third kappa shape index (κ3) is 3.43. The Labute approximate surface area is 112 Å². The van der Waals surface area contributed by atoms with Gasteiger partial charge >= 0.3 is 0 Å². The van der Waals surface area contributed by atoms with Gasteiger partial charge in [-0.15, -0.1) is 10.2 Å². The maximum Gasteiger partial charge on any atom is 0.240 e. The van der Waals surface area contributed by atoms with Crippen molar-refractivity contribution < 1.29 is 4.79 Å². The van der Waals surface area contributed by atoms with Crippen LogP contribution < -0.4 is 5.32 Å². The maximum absolute atomic E-state index is 11.9. The topological polar surface area (TPSA) is 64.7 Å². The van der Waals surface area contributed by atoms with Crippen LogP contribution in [0.25, 0.3) is 0 Å². The van der Waals surface area contributed by atoms with Crippen molar-refractivity contribution in [1.82, 2.24) is 24.6 Å². The smallest absolute Gasteiger partial charge is 0.240 e. The highest BCUT2D eigenvalue weighted by atomic mass is 16.2. The van der Waals surface area contributed by atoms with Gasteiger partial charge in [-0.1, -0.05) is 6.92 Å². The highest BCUT2D eigenvalue weighted by Gasteiger charge is 2.15. The van der Waals surface area contributed by atoms with E-state index in [1.54, 1.807) is 6.33 Å². The van der Waals surface area contributed by atoms with Gasteiger partial charge in [0.25, 0.3) is 0 Å². The molecule has 0 aliphatic heterocycles. The molecule has 0 aromatic carbocycles. The Morgan fingerprint density at radius 3 is 2.84 bits per heavy atom. The highest BCUT2D eigenvalue weighted by molar-refractivity contribution is 5.76. The molecular formula is C13H19N5O. The number of hydrogen-bond donors (Lipinski definition) is 1. The molecule has 0 radical (unpaired) electrons. The Hall–Kier alpha value is -2.11. The Kier molecular flexibility index (Phi) is 4.33. The summed E-state index contributed by atoms with van der Waals surface area (Å²) in [5.74, 6) is 0.762. The summed E-state index contributed by atoms with van der Waals surface area (Å²) in [6, 6.07) is 3.65. The molecule has 2 aromatic heterocycles. The van der Waals surface area contributed by atoms with E-state index in [-0.39, 0.29) is 11.9 Å². The number of amides is 1. The molecule has 2 aromatic rings. The van der Waals surface area contributed by atoms with Crippen molar-refractivity contribution in [2.45, 2.75) is 39.4 Å². The van der Waals surface area contributed by atoms with Crippen LogP contribution in [-0.2, 0) is 17.9 Å². The molecule has 0 saturated heterocycles. The van der Waals surface area contributed by atoms with Gasteiger partial charge in [0.2, 0.25) is 5.91 Å². The molecule has 6 heteroatoms. The first-order valence-electron chi connectivity index (χ1n) is 6.48. The van der Waals surface area contributed by atoms with E-state index in [0.29, 0.717) is 6.54 Å². The van der Waals surface area contributed by atoms with Crippen LogP contribution in [0.2, 0.25) is 0 Å². The monoisotopic (exact) mass is 261 g/mol. The van der Waals surface area contributed by atoms with E-state index in [9.17, 15) is 4.79 Å². The average Bonchev–Trinajstić information content (AvgIpc) is 3.00. The van der Waals surface area contributed by atoms with Crippen molar-refractivity contribution in [3.8, 4) is 0 Å². The van der Waals surface area contributed by atoms with Crippen molar-refractivity contribution in [3.05, 3.63) is 36.7 Å². The Morgan fingerprint density at radius 2 is 2.16 bits per heavy atom. The van der Waals surface area contributed by atoms with Gasteiger partial charge in [0.15, 0.2) is 5.82 Å². The molecule has 0 spiro atoms. The summed E-state index contributed by atoms with van der Waals surface area (Å²) in [5.41, 5.74) is 0. The maximum atomic E-state index is 11.9. The fourth-order valence-corrected chi connectivity index (χ4v) is 2.01. The summed E-state index contributed by atoms with van der Waals surface area (Å²) in [5, 5.41) is 10.9. The molecule has 0 aliphatic carbocycles. The van der Waals surface area contributed by atoms with E-state index < -0.39 is 0 Å². The molecule has 0 fully saturated rings. The molecule has 0 aliphatic rings. The minimum absolute atomic E-state index is 0.0326. The number of nitrogens with one attached hydrogen (secondary N) is 1. The third-order valence-corrected chi connectivity index (χ3v) is 2.87. The van der Waals surface area contributed by atoms with Gasteiger partial charge in [-0.25, -0.2) is 0 Å². The zero-order valence-electron chi connectivity index (χ0n) is 11.3. The van der Waals surface area contributed by atoms with Crippen LogP contribution in [0.3, 0.4) is 0 Å². The van der Waals surface area contributed by atoms with Gasteiger partial charge in [0.1, 0.15) is 12.9 Å². The summed E-state index contributed by atoms with van der Waals surface area (Å²) in [4.78, 5) is 11.9. The summed E-state index contributed by atoms with van der Waals surface area (Å²) in [6.45, 7) is 5.20. The molecule has 0 unspecified atom stereocenters. The van der Waals surface area contributed by atoms with Crippen LogP contribution >= 0.6 is 0 Å². The van der Waals surface area contributed by atoms with E-state index in [1.165, 1.54) is 0 Å². The fourth-order valence-electron chi connectivity index (χ4n) is 2.01. The van der Waals surface area contributed by atoms with Gasteiger partial charge in [-0.2, -0.15) is 0 Å². The molecular weight excluding hydrogens is 242 g/mol. The number of nitrogens with zero attached hydrogens (tertiary/aromatic N) is 4. The minimum Gasteiger partial charge on any atom is -0.345 e. The number of aromatic nitrogens is 4. The molecule has 2 heterocycles. The number of carbonyl (C=O) groups excluding carboxylic acids is 1. The summed E-state index contributed by atoms with van der Waals surface area (Å²) in [6.07, 6.45) is 6.44. The van der Waals surface area contributed by atoms with E-state index in [2.05, 4.69) is 22.4 Å². The molecule has 0 bridgehead atoms. The molecule has 1 N–H and O–H groups in total. The Morgan fingerprint density at radius 1 is 1.42 bits per heavy atom. The zero-order chi connectivity index (χ0) is 13.7. The predicted molar refractivity (Wildman–Crippen MR) is 71.3 cm³/mol. The molecule has 0 saturated carbocycles. The first-order valence-corrected chi connectivity index (χ1v) is 6.48. The van der Waals surface area contributed by atoms with Crippen molar-refractivity contribution in [3.63, 3.8) is 0 Å². The first kappa shape index (κ1) is 13.3. The van der Waals surface area contributed by atoms with Gasteiger partial charge < -0.3 is 14.5 Å². The Bertz CT molecular complexity index is 517. The number of hydrogen-bond acceptors (Lipinski definition) is 3. The lowest BCUT2D eigenvalue weighted by Crippen LogP contribution is -2.31. The van der Waals surface area contributed by atoms with Crippen molar-refractivity contribution >= 4 is 5.91 Å². The van der Waals surface area contributed by atoms with Crippen molar-refractivity contribution in [2.75, 3.05) is 0 Å². The molecule has 102 valence electrons. The van der Waals surface area contributed by atoms with Crippen LogP contribution in [0.15, 0.2) is 30.9 Å². The van der Waals surface area contributed by atoms with Gasteiger partial charge in [-0.05, 0) is 25.5 Å². The molecule has 2 rings (SSSR count). The average molecular weight is 261 g/mol. The summed E-state index contributed by atoms with van der Waals surface area (Å²) < 4.78 is 3.80. The van der Waals surface area contributed by atoms with Crippen molar-refractivity contribution in [2.24, 2.45) is 0 Å². The number of aryl methyl sites for hydroxylation is 1. The normalized spacial score (nSPS) is 12.3. The zero-order valence-corrected chi connectivity index (χ0v) is 11.3. The lowest BCUT2D eigenvalue weighted by Gasteiger charge is -2.14. The molecule has 19 heavy (non-hydrogen) atoms. The van der Waals surface area contributed by atoms with Crippen molar-refractivity contribution in [1.29, 1.82) is 0 Å². The molecule has 6 nitrogen and oxygen atoms in total. The van der Waals surface area contributed by atoms with Crippen LogP contribution in [0.4, 0.5) is 0 Å². The van der Waals surface area contributed by atoms with Gasteiger partial charge in [-0.3, -0.25) is 4.79 Å². The van der Waals surface area contributed by atoms with E-state index in [4.69, 9.17) is 0 Å². The SMILES string of the molecule is CCCn1cnnc1[C@H](C)NC(=O)Cn1cccc1. The second kappa shape index (κ2) is 6.17. The lowest BCUT2D eigenvalue weighted by atomic mass is 10.3. The van der Waals surface area contributed by atoms with Crippen LogP contribution in [0, 0.1) is 0 Å².